The van der Waals surface area contributed by atoms with Gasteiger partial charge in [-0.05, 0) is 110 Å². The second kappa shape index (κ2) is 15.4. The summed E-state index contributed by atoms with van der Waals surface area (Å²) in [6.45, 7) is 2.31. The molecular formula is C60H44N2O. The molecule has 2 unspecified atom stereocenters. The summed E-state index contributed by atoms with van der Waals surface area (Å²) in [7, 11) is 0. The second-order valence-electron chi connectivity index (χ2n) is 17.2. The molecule has 3 heteroatoms. The molecule has 2 heterocycles. The Balaban J connectivity index is 1.08. The van der Waals surface area contributed by atoms with E-state index in [1.54, 1.807) is 0 Å². The largest absolute Gasteiger partial charge is 0.456 e. The summed E-state index contributed by atoms with van der Waals surface area (Å²) in [6.07, 6.45) is 5.07. The Morgan fingerprint density at radius 3 is 2.00 bits per heavy atom. The highest BCUT2D eigenvalue weighted by Crippen LogP contribution is 2.47. The first-order chi connectivity index (χ1) is 31.1. The molecule has 2 atom stereocenters. The first-order valence-electron chi connectivity index (χ1n) is 22.2. The van der Waals surface area contributed by atoms with Gasteiger partial charge < -0.3 is 4.42 Å². The highest BCUT2D eigenvalue weighted by atomic mass is 16.3. The van der Waals surface area contributed by atoms with Crippen molar-refractivity contribution in [3.05, 3.63) is 234 Å². The summed E-state index contributed by atoms with van der Waals surface area (Å²) in [5.74, 6) is 0.918. The number of nitrogens with zero attached hydrogens (tertiary/aromatic N) is 2. The van der Waals surface area contributed by atoms with Gasteiger partial charge in [-0.3, -0.25) is 0 Å². The molecule has 12 rings (SSSR count). The van der Waals surface area contributed by atoms with E-state index in [4.69, 9.17) is 14.4 Å². The zero-order valence-corrected chi connectivity index (χ0v) is 35.1. The van der Waals surface area contributed by atoms with Gasteiger partial charge in [0.15, 0.2) is 5.84 Å². The summed E-state index contributed by atoms with van der Waals surface area (Å²) < 4.78 is 6.67. The number of fused-ring (bicyclic) bond motifs is 8. The van der Waals surface area contributed by atoms with Crippen molar-refractivity contribution in [2.75, 3.05) is 0 Å². The molecule has 300 valence electrons. The molecule has 2 aliphatic rings. The van der Waals surface area contributed by atoms with Crippen molar-refractivity contribution in [3.63, 3.8) is 0 Å². The summed E-state index contributed by atoms with van der Waals surface area (Å²) in [5.41, 5.74) is 15.9. The third kappa shape index (κ3) is 6.60. The van der Waals surface area contributed by atoms with Crippen molar-refractivity contribution in [3.8, 4) is 22.3 Å². The summed E-state index contributed by atoms with van der Waals surface area (Å²) in [6, 6.07) is 70.2. The Morgan fingerprint density at radius 1 is 0.492 bits per heavy atom. The van der Waals surface area contributed by atoms with Crippen LogP contribution in [0.5, 0.6) is 0 Å². The number of amidine groups is 1. The van der Waals surface area contributed by atoms with Gasteiger partial charge in [-0.15, -0.1) is 0 Å². The van der Waals surface area contributed by atoms with Crippen LogP contribution in [-0.2, 0) is 6.42 Å². The lowest BCUT2D eigenvalue weighted by atomic mass is 9.81. The van der Waals surface area contributed by atoms with E-state index in [1.807, 2.05) is 0 Å². The van der Waals surface area contributed by atoms with Crippen LogP contribution in [0.1, 0.15) is 59.1 Å². The molecule has 10 aromatic rings. The van der Waals surface area contributed by atoms with Gasteiger partial charge in [-0.25, -0.2) is 9.98 Å². The average molecular weight is 809 g/mol. The summed E-state index contributed by atoms with van der Waals surface area (Å²) in [4.78, 5) is 11.4. The maximum Gasteiger partial charge on any atom is 0.160 e. The number of hydrogen-bond donors (Lipinski definition) is 0. The number of aliphatic imine (C=N–C) groups is 2. The lowest BCUT2D eigenvalue weighted by Crippen LogP contribution is -2.17. The topological polar surface area (TPSA) is 37.9 Å². The number of furan rings is 1. The van der Waals surface area contributed by atoms with Gasteiger partial charge in [0, 0.05) is 33.7 Å². The van der Waals surface area contributed by atoms with Crippen molar-refractivity contribution in [2.45, 2.75) is 32.1 Å². The maximum absolute atomic E-state index is 6.67. The number of para-hydroxylation sites is 1. The number of hydrogen-bond acceptors (Lipinski definition) is 3. The van der Waals surface area contributed by atoms with Crippen molar-refractivity contribution in [1.82, 2.24) is 0 Å². The fourth-order valence-electron chi connectivity index (χ4n) is 10.2. The van der Waals surface area contributed by atoms with Gasteiger partial charge in [0.2, 0.25) is 0 Å². The lowest BCUT2D eigenvalue weighted by molar-refractivity contribution is 0.667. The predicted molar refractivity (Wildman–Crippen MR) is 264 cm³/mol. The lowest BCUT2D eigenvalue weighted by Gasteiger charge is -2.24. The first kappa shape index (κ1) is 37.2. The maximum atomic E-state index is 6.67. The fourth-order valence-corrected chi connectivity index (χ4v) is 10.2. The van der Waals surface area contributed by atoms with Gasteiger partial charge in [0.1, 0.15) is 11.2 Å². The first-order valence-corrected chi connectivity index (χ1v) is 22.2. The van der Waals surface area contributed by atoms with E-state index in [9.17, 15) is 0 Å². The molecule has 9 aromatic carbocycles. The molecule has 0 bridgehead atoms. The van der Waals surface area contributed by atoms with Crippen LogP contribution in [0.2, 0.25) is 0 Å². The Kier molecular flexibility index (Phi) is 9.07. The third-order valence-electron chi connectivity index (χ3n) is 13.4. The molecule has 63 heavy (non-hydrogen) atoms. The molecule has 0 saturated heterocycles. The SMILES string of the molecule is CC1C/C=C(c2c(C3CCc4cc5ccccc5cc4-c4ccccc43)ccc3oc4ccccc4c23)/N=C(c2ccc(-c3ccccc3)cc2)\N=C/1c1ccc2ccccc2c1. The van der Waals surface area contributed by atoms with Gasteiger partial charge in [0.25, 0.3) is 0 Å². The minimum Gasteiger partial charge on any atom is -0.456 e. The van der Waals surface area contributed by atoms with Crippen LogP contribution in [0.3, 0.4) is 0 Å². The van der Waals surface area contributed by atoms with E-state index < -0.39 is 0 Å². The van der Waals surface area contributed by atoms with Crippen molar-refractivity contribution < 1.29 is 4.42 Å². The molecule has 3 nitrogen and oxygen atoms in total. The Hall–Kier alpha value is -7.62. The van der Waals surface area contributed by atoms with E-state index >= 15 is 0 Å². The molecular weight excluding hydrogens is 765 g/mol. The highest BCUT2D eigenvalue weighted by Gasteiger charge is 2.30. The van der Waals surface area contributed by atoms with E-state index in [2.05, 4.69) is 207 Å². The molecule has 0 spiro atoms. The average Bonchev–Trinajstić information content (AvgIpc) is 3.64. The monoisotopic (exact) mass is 808 g/mol. The molecule has 0 saturated carbocycles. The highest BCUT2D eigenvalue weighted by molar-refractivity contribution is 6.17. The zero-order valence-electron chi connectivity index (χ0n) is 35.1. The van der Waals surface area contributed by atoms with E-state index in [0.717, 1.165) is 74.9 Å². The van der Waals surface area contributed by atoms with Crippen molar-refractivity contribution >= 4 is 60.7 Å². The molecule has 0 N–H and O–H groups in total. The van der Waals surface area contributed by atoms with Crippen LogP contribution >= 0.6 is 0 Å². The van der Waals surface area contributed by atoms with Crippen LogP contribution in [0.15, 0.2) is 215 Å². The number of rotatable bonds is 5. The molecule has 1 aliphatic carbocycles. The number of allylic oxidation sites excluding steroid dienone is 1. The van der Waals surface area contributed by atoms with Crippen molar-refractivity contribution in [1.29, 1.82) is 0 Å². The fraction of sp³-hybridized carbons (Fsp3) is 0.100. The second-order valence-corrected chi connectivity index (χ2v) is 17.2. The molecule has 0 fully saturated rings. The normalized spacial score (nSPS) is 18.9. The van der Waals surface area contributed by atoms with Crippen LogP contribution < -0.4 is 0 Å². The van der Waals surface area contributed by atoms with Gasteiger partial charge >= 0.3 is 0 Å². The Morgan fingerprint density at radius 2 is 1.16 bits per heavy atom. The van der Waals surface area contributed by atoms with Gasteiger partial charge in [-0.2, -0.15) is 0 Å². The van der Waals surface area contributed by atoms with Crippen LogP contribution in [0.4, 0.5) is 0 Å². The van der Waals surface area contributed by atoms with Crippen LogP contribution in [-0.4, -0.2) is 11.5 Å². The zero-order chi connectivity index (χ0) is 41.9. The molecule has 0 amide bonds. The molecule has 1 aromatic heterocycles. The predicted octanol–water partition coefficient (Wildman–Crippen LogP) is 15.6. The third-order valence-corrected chi connectivity index (χ3v) is 13.4. The smallest absolute Gasteiger partial charge is 0.160 e. The number of aryl methyl sites for hydroxylation is 1. The molecule has 0 radical (unpaired) electrons. The van der Waals surface area contributed by atoms with Crippen molar-refractivity contribution in [2.24, 2.45) is 15.9 Å². The Labute approximate surface area is 367 Å². The molecule has 1 aliphatic heterocycles. The summed E-state index contributed by atoms with van der Waals surface area (Å²) in [5, 5.41) is 7.19. The minimum absolute atomic E-state index is 0.106. The van der Waals surface area contributed by atoms with E-state index in [0.29, 0.717) is 5.84 Å². The minimum atomic E-state index is 0.106. The summed E-state index contributed by atoms with van der Waals surface area (Å²) >= 11 is 0. The van der Waals surface area contributed by atoms with E-state index in [1.165, 1.54) is 54.9 Å². The van der Waals surface area contributed by atoms with E-state index in [-0.39, 0.29) is 11.8 Å². The Bertz CT molecular complexity index is 3500. The van der Waals surface area contributed by atoms with Gasteiger partial charge in [0.05, 0.1) is 11.4 Å². The van der Waals surface area contributed by atoms with Crippen LogP contribution in [0.25, 0.3) is 71.4 Å². The van der Waals surface area contributed by atoms with Crippen LogP contribution in [0, 0.1) is 5.92 Å². The van der Waals surface area contributed by atoms with Gasteiger partial charge in [-0.1, -0.05) is 183 Å². The quantitative estimate of drug-likeness (QED) is 0.171. The number of benzene rings is 9. The standard InChI is InChI=1S/C60H44N2O/c1-38-23-33-54(61-60(42-27-24-41(25-28-42)39-13-3-2-4-14-39)62-59(38)47-29-26-40-15-5-6-16-43(40)36-47)57-51(32-34-56-58(57)52-21-11-12-22-55(52)63-56)50-31-30-46-35-44-17-7-8-18-45(44)37-53(46)49-20-10-9-19-48(49)50/h2-22,24-29,32-38,50H,23,30-31H2,1H3/b54-33+,61-60-,62-59+.